The summed E-state index contributed by atoms with van der Waals surface area (Å²) in [6.07, 6.45) is -3.39. The molecule has 14 heavy (non-hydrogen) atoms. The molecule has 0 unspecified atom stereocenters. The van der Waals surface area contributed by atoms with Crippen LogP contribution in [0.1, 0.15) is 13.8 Å². The molecule has 0 aromatic carbocycles. The number of carboxylic acids is 1. The van der Waals surface area contributed by atoms with Crippen molar-refractivity contribution in [1.82, 2.24) is 0 Å². The second-order valence-electron chi connectivity index (χ2n) is 4.04. The highest BCUT2D eigenvalue weighted by Gasteiger charge is 2.57. The van der Waals surface area contributed by atoms with Crippen LogP contribution >= 0.6 is 0 Å². The monoisotopic (exact) mass is 207 g/mol. The fourth-order valence-electron chi connectivity index (χ4n) is 1.70. The molecule has 5 heteroatoms. The van der Waals surface area contributed by atoms with Gasteiger partial charge in [-0.05, 0) is 11.3 Å². The second kappa shape index (κ2) is 3.00. The molecule has 0 spiro atoms. The summed E-state index contributed by atoms with van der Waals surface area (Å²) in [5.74, 6) is -2.66. The molecular weight excluding hydrogens is 197 g/mol. The molecule has 0 heterocycles. The minimum atomic E-state index is -4.38. The zero-order valence-corrected chi connectivity index (χ0v) is 7.76. The van der Waals surface area contributed by atoms with Crippen LogP contribution in [-0.2, 0) is 4.79 Å². The van der Waals surface area contributed by atoms with Gasteiger partial charge >= 0.3 is 6.18 Å². The Morgan fingerprint density at radius 2 is 1.93 bits per heavy atom. The molecule has 80 valence electrons. The van der Waals surface area contributed by atoms with Crippen LogP contribution in [0.5, 0.6) is 0 Å². The number of carboxylic acid groups (broad SMARTS) is 1. The van der Waals surface area contributed by atoms with E-state index < -0.39 is 29.4 Å². The van der Waals surface area contributed by atoms with Crippen LogP contribution in [0, 0.1) is 17.3 Å². The smallest absolute Gasteiger partial charge is 0.409 e. The third kappa shape index (κ3) is 2.08. The summed E-state index contributed by atoms with van der Waals surface area (Å²) in [7, 11) is 0. The van der Waals surface area contributed by atoms with Crippen LogP contribution in [0.3, 0.4) is 0 Å². The Labute approximate surface area is 79.4 Å². The van der Waals surface area contributed by atoms with Crippen molar-refractivity contribution in [3.05, 3.63) is 12.2 Å². The van der Waals surface area contributed by atoms with Crippen LogP contribution in [-0.4, -0.2) is 12.1 Å². The number of hydrogen-bond acceptors (Lipinski definition) is 2. The van der Waals surface area contributed by atoms with Crippen molar-refractivity contribution in [3.8, 4) is 0 Å². The predicted molar refractivity (Wildman–Crippen MR) is 41.0 cm³/mol. The molecule has 0 aromatic heterocycles. The molecule has 0 N–H and O–H groups in total. The largest absolute Gasteiger partial charge is 0.550 e. The molecule has 1 aliphatic rings. The van der Waals surface area contributed by atoms with Crippen molar-refractivity contribution in [2.75, 3.05) is 0 Å². The van der Waals surface area contributed by atoms with E-state index in [2.05, 4.69) is 0 Å². The fourth-order valence-corrected chi connectivity index (χ4v) is 1.70. The van der Waals surface area contributed by atoms with Crippen molar-refractivity contribution < 1.29 is 23.1 Å². The number of halogens is 3. The van der Waals surface area contributed by atoms with E-state index in [1.165, 1.54) is 0 Å². The van der Waals surface area contributed by atoms with Crippen LogP contribution in [0.25, 0.3) is 0 Å². The zero-order valence-electron chi connectivity index (χ0n) is 7.76. The minimum absolute atomic E-state index is 0.0857. The van der Waals surface area contributed by atoms with Gasteiger partial charge in [-0.25, -0.2) is 0 Å². The number of allylic oxidation sites excluding steroid dienone is 2. The molecule has 1 rings (SSSR count). The van der Waals surface area contributed by atoms with E-state index in [-0.39, 0.29) is 6.08 Å². The number of rotatable bonds is 2. The Morgan fingerprint density at radius 1 is 1.43 bits per heavy atom. The summed E-state index contributed by atoms with van der Waals surface area (Å²) in [6, 6.07) is 0. The first-order chi connectivity index (χ1) is 6.16. The number of alkyl halides is 3. The maximum Gasteiger partial charge on any atom is 0.409 e. The molecule has 1 fully saturated rings. The molecule has 0 saturated heterocycles. The van der Waals surface area contributed by atoms with Gasteiger partial charge in [-0.2, -0.15) is 13.2 Å². The Hall–Kier alpha value is -1.00. The fraction of sp³-hybridized carbons (Fsp3) is 0.667. The highest BCUT2D eigenvalue weighted by Crippen LogP contribution is 2.58. The molecular formula is C9H10F3O2-. The van der Waals surface area contributed by atoms with Gasteiger partial charge in [0, 0.05) is 18.0 Å². The average molecular weight is 207 g/mol. The molecule has 0 aromatic rings. The number of carbonyl (C=O) groups is 1. The Balaban J connectivity index is 2.67. The summed E-state index contributed by atoms with van der Waals surface area (Å²) >= 11 is 0. The Kier molecular flexibility index (Phi) is 2.37. The van der Waals surface area contributed by atoms with Crippen LogP contribution < -0.4 is 5.11 Å². The van der Waals surface area contributed by atoms with E-state index >= 15 is 0 Å². The summed E-state index contributed by atoms with van der Waals surface area (Å²) in [5, 5.41) is 10.5. The third-order valence-corrected chi connectivity index (χ3v) is 2.66. The SMILES string of the molecule is CC1(C)[C@@H](/C=C/C(F)(F)F)[C@@H]1C(=O)[O-]. The second-order valence-corrected chi connectivity index (χ2v) is 4.04. The van der Waals surface area contributed by atoms with Crippen LogP contribution in [0.4, 0.5) is 13.2 Å². The van der Waals surface area contributed by atoms with Crippen LogP contribution in [0.2, 0.25) is 0 Å². The van der Waals surface area contributed by atoms with Gasteiger partial charge < -0.3 is 9.90 Å². The van der Waals surface area contributed by atoms with Gasteiger partial charge in [0.25, 0.3) is 0 Å². The van der Waals surface area contributed by atoms with Crippen molar-refractivity contribution in [2.24, 2.45) is 17.3 Å². The molecule has 0 aliphatic heterocycles. The van der Waals surface area contributed by atoms with Gasteiger partial charge in [0.2, 0.25) is 0 Å². The highest BCUT2D eigenvalue weighted by molar-refractivity contribution is 5.74. The topological polar surface area (TPSA) is 40.1 Å². The Bertz CT molecular complexity index is 278. The maximum absolute atomic E-state index is 11.8. The van der Waals surface area contributed by atoms with Gasteiger partial charge in [-0.15, -0.1) is 0 Å². The molecule has 2 nitrogen and oxygen atoms in total. The lowest BCUT2D eigenvalue weighted by molar-refractivity contribution is -0.309. The summed E-state index contributed by atoms with van der Waals surface area (Å²) in [4.78, 5) is 10.5. The van der Waals surface area contributed by atoms with Gasteiger partial charge in [0.1, 0.15) is 0 Å². The summed E-state index contributed by atoms with van der Waals surface area (Å²) in [6.45, 7) is 3.22. The lowest BCUT2D eigenvalue weighted by Gasteiger charge is -2.01. The van der Waals surface area contributed by atoms with E-state index in [0.717, 1.165) is 6.08 Å². The standard InChI is InChI=1S/C9H11F3O2/c1-8(2)5(6(8)7(13)14)3-4-9(10,11)12/h3-6H,1-2H3,(H,13,14)/p-1/b4-3+/t5-,6+/m0/s1. The normalized spacial score (nSPS) is 30.6. The van der Waals surface area contributed by atoms with Crippen molar-refractivity contribution >= 4 is 5.97 Å². The average Bonchev–Trinajstić information content (AvgIpc) is 2.47. The van der Waals surface area contributed by atoms with Gasteiger partial charge in [0.15, 0.2) is 0 Å². The lowest BCUT2D eigenvalue weighted by Crippen LogP contribution is -2.26. The minimum Gasteiger partial charge on any atom is -0.550 e. The van der Waals surface area contributed by atoms with E-state index in [0.29, 0.717) is 0 Å². The molecule has 1 saturated carbocycles. The number of aliphatic carboxylic acids is 1. The van der Waals surface area contributed by atoms with Crippen molar-refractivity contribution in [3.63, 3.8) is 0 Å². The molecule has 0 radical (unpaired) electrons. The quantitative estimate of drug-likeness (QED) is 0.637. The first-order valence-electron chi connectivity index (χ1n) is 4.13. The van der Waals surface area contributed by atoms with Crippen molar-refractivity contribution in [2.45, 2.75) is 20.0 Å². The van der Waals surface area contributed by atoms with Gasteiger partial charge in [-0.3, -0.25) is 0 Å². The maximum atomic E-state index is 11.8. The van der Waals surface area contributed by atoms with Crippen molar-refractivity contribution in [1.29, 1.82) is 0 Å². The number of carbonyl (C=O) groups excluding carboxylic acids is 1. The molecule has 1 aliphatic carbocycles. The first-order valence-corrected chi connectivity index (χ1v) is 4.13. The van der Waals surface area contributed by atoms with Gasteiger partial charge in [0.05, 0.1) is 0 Å². The first kappa shape index (κ1) is 11.1. The molecule has 2 atom stereocenters. The zero-order chi connectivity index (χ0) is 11.1. The lowest BCUT2D eigenvalue weighted by atomic mass is 10.1. The highest BCUT2D eigenvalue weighted by atomic mass is 19.4. The van der Waals surface area contributed by atoms with E-state index in [1.807, 2.05) is 0 Å². The number of hydrogen-bond donors (Lipinski definition) is 0. The van der Waals surface area contributed by atoms with E-state index in [1.54, 1.807) is 13.8 Å². The van der Waals surface area contributed by atoms with Crippen LogP contribution in [0.15, 0.2) is 12.2 Å². The predicted octanol–water partition coefficient (Wildman–Crippen LogP) is 1.13. The molecule has 0 amide bonds. The molecule has 0 bridgehead atoms. The van der Waals surface area contributed by atoms with Gasteiger partial charge in [-0.1, -0.05) is 19.9 Å². The Morgan fingerprint density at radius 3 is 2.21 bits per heavy atom. The summed E-state index contributed by atoms with van der Waals surface area (Å²) < 4.78 is 35.3. The van der Waals surface area contributed by atoms with E-state index in [4.69, 9.17) is 0 Å². The summed E-state index contributed by atoms with van der Waals surface area (Å²) in [5.41, 5.74) is -0.624. The van der Waals surface area contributed by atoms with E-state index in [9.17, 15) is 23.1 Å². The third-order valence-electron chi connectivity index (χ3n) is 2.66.